The molecular weight excluding hydrogens is 309 g/mol. The van der Waals surface area contributed by atoms with Crippen molar-refractivity contribution in [1.82, 2.24) is 19.7 Å². The van der Waals surface area contributed by atoms with Crippen LogP contribution in [0.2, 0.25) is 0 Å². The van der Waals surface area contributed by atoms with Crippen LogP contribution in [0.3, 0.4) is 0 Å². The Kier molecular flexibility index (Phi) is 3.55. The number of benzene rings is 1. The van der Waals surface area contributed by atoms with Crippen LogP contribution in [0.1, 0.15) is 24.4 Å². The molecule has 3 heterocycles. The van der Waals surface area contributed by atoms with Gasteiger partial charge < -0.3 is 9.64 Å². The SMILES string of the molecule is COc1cc2c(N3CCCC3c3cnn(C)c3)ncnc2cc1F. The van der Waals surface area contributed by atoms with E-state index < -0.39 is 5.82 Å². The Balaban J connectivity index is 1.83. The maximum atomic E-state index is 14.0. The van der Waals surface area contributed by atoms with Gasteiger partial charge in [-0.15, -0.1) is 0 Å². The number of aryl methyl sites for hydroxylation is 1. The number of hydrogen-bond acceptors (Lipinski definition) is 5. The molecule has 1 atom stereocenters. The van der Waals surface area contributed by atoms with E-state index in [1.54, 1.807) is 6.07 Å². The third kappa shape index (κ3) is 2.36. The number of nitrogens with zero attached hydrogens (tertiary/aromatic N) is 5. The predicted molar refractivity (Wildman–Crippen MR) is 88.6 cm³/mol. The zero-order valence-electron chi connectivity index (χ0n) is 13.6. The number of rotatable bonds is 3. The van der Waals surface area contributed by atoms with Gasteiger partial charge in [0.15, 0.2) is 11.6 Å². The molecule has 2 aromatic heterocycles. The van der Waals surface area contributed by atoms with Crippen molar-refractivity contribution in [3.63, 3.8) is 0 Å². The number of aromatic nitrogens is 4. The molecule has 1 aliphatic heterocycles. The first-order chi connectivity index (χ1) is 11.7. The average molecular weight is 327 g/mol. The highest BCUT2D eigenvalue weighted by Crippen LogP contribution is 2.38. The number of hydrogen-bond donors (Lipinski definition) is 0. The lowest BCUT2D eigenvalue weighted by Crippen LogP contribution is -2.23. The van der Waals surface area contributed by atoms with Crippen molar-refractivity contribution in [2.45, 2.75) is 18.9 Å². The molecular formula is C17H18FN5O. The molecule has 124 valence electrons. The normalized spacial score (nSPS) is 17.6. The van der Waals surface area contributed by atoms with Crippen molar-refractivity contribution in [2.75, 3.05) is 18.6 Å². The van der Waals surface area contributed by atoms with Gasteiger partial charge in [0, 0.05) is 36.8 Å². The summed E-state index contributed by atoms with van der Waals surface area (Å²) in [4.78, 5) is 10.9. The van der Waals surface area contributed by atoms with Crippen molar-refractivity contribution in [2.24, 2.45) is 7.05 Å². The Bertz CT molecular complexity index is 894. The molecule has 1 aromatic carbocycles. The molecule has 1 fully saturated rings. The van der Waals surface area contributed by atoms with E-state index in [9.17, 15) is 4.39 Å². The van der Waals surface area contributed by atoms with Crippen LogP contribution >= 0.6 is 0 Å². The largest absolute Gasteiger partial charge is 0.494 e. The molecule has 0 bridgehead atoms. The van der Waals surface area contributed by atoms with Crippen LogP contribution < -0.4 is 9.64 Å². The standard InChI is InChI=1S/C17H18FN5O/c1-22-9-11(8-21-22)15-4-3-5-23(15)17-12-6-16(24-2)13(18)7-14(12)19-10-20-17/h6-10,15H,3-5H2,1-2H3. The zero-order valence-corrected chi connectivity index (χ0v) is 13.6. The average Bonchev–Trinajstić information content (AvgIpc) is 3.22. The second-order valence-electron chi connectivity index (χ2n) is 6.00. The van der Waals surface area contributed by atoms with E-state index in [-0.39, 0.29) is 11.8 Å². The molecule has 7 heteroatoms. The van der Waals surface area contributed by atoms with E-state index in [2.05, 4.69) is 20.0 Å². The first-order valence-electron chi connectivity index (χ1n) is 7.91. The molecule has 3 aromatic rings. The van der Waals surface area contributed by atoms with Crippen LogP contribution in [0.15, 0.2) is 30.9 Å². The van der Waals surface area contributed by atoms with Crippen molar-refractivity contribution >= 4 is 16.7 Å². The first-order valence-corrected chi connectivity index (χ1v) is 7.91. The fourth-order valence-corrected chi connectivity index (χ4v) is 3.41. The lowest BCUT2D eigenvalue weighted by molar-refractivity contribution is 0.387. The molecule has 0 radical (unpaired) electrons. The summed E-state index contributed by atoms with van der Waals surface area (Å²) in [7, 11) is 3.37. The first kappa shape index (κ1) is 14.9. The van der Waals surface area contributed by atoms with Gasteiger partial charge in [0.05, 0.1) is 24.9 Å². The van der Waals surface area contributed by atoms with Crippen LogP contribution in [-0.4, -0.2) is 33.4 Å². The second-order valence-corrected chi connectivity index (χ2v) is 6.00. The Morgan fingerprint density at radius 1 is 1.29 bits per heavy atom. The Morgan fingerprint density at radius 2 is 2.17 bits per heavy atom. The van der Waals surface area contributed by atoms with E-state index in [1.165, 1.54) is 19.5 Å². The minimum atomic E-state index is -0.417. The van der Waals surface area contributed by atoms with Gasteiger partial charge >= 0.3 is 0 Å². The Hall–Kier alpha value is -2.70. The number of anilines is 1. The number of halogens is 1. The molecule has 0 aliphatic carbocycles. The van der Waals surface area contributed by atoms with Gasteiger partial charge in [0.25, 0.3) is 0 Å². The highest BCUT2D eigenvalue weighted by Gasteiger charge is 2.29. The predicted octanol–water partition coefficient (Wildman–Crippen LogP) is 2.85. The molecule has 1 saturated heterocycles. The van der Waals surface area contributed by atoms with Crippen molar-refractivity contribution in [1.29, 1.82) is 0 Å². The Labute approximate surface area is 138 Å². The second kappa shape index (κ2) is 5.74. The minimum absolute atomic E-state index is 0.204. The summed E-state index contributed by atoms with van der Waals surface area (Å²) >= 11 is 0. The van der Waals surface area contributed by atoms with E-state index in [0.29, 0.717) is 5.52 Å². The zero-order chi connectivity index (χ0) is 16.7. The van der Waals surface area contributed by atoms with Gasteiger partial charge in [-0.3, -0.25) is 4.68 Å². The van der Waals surface area contributed by atoms with Crippen molar-refractivity contribution in [3.05, 3.63) is 42.2 Å². The highest BCUT2D eigenvalue weighted by molar-refractivity contribution is 5.90. The molecule has 0 N–H and O–H groups in total. The smallest absolute Gasteiger partial charge is 0.167 e. The molecule has 1 aliphatic rings. The summed E-state index contributed by atoms with van der Waals surface area (Å²) in [5.41, 5.74) is 1.74. The van der Waals surface area contributed by atoms with Gasteiger partial charge in [0.2, 0.25) is 0 Å². The lowest BCUT2D eigenvalue weighted by Gasteiger charge is -2.26. The van der Waals surface area contributed by atoms with Gasteiger partial charge in [-0.25, -0.2) is 14.4 Å². The van der Waals surface area contributed by atoms with Crippen LogP contribution in [0.25, 0.3) is 10.9 Å². The van der Waals surface area contributed by atoms with Gasteiger partial charge in [-0.1, -0.05) is 0 Å². The molecule has 24 heavy (non-hydrogen) atoms. The van der Waals surface area contributed by atoms with E-state index in [1.807, 2.05) is 24.1 Å². The fourth-order valence-electron chi connectivity index (χ4n) is 3.41. The third-order valence-electron chi connectivity index (χ3n) is 4.52. The topological polar surface area (TPSA) is 56.1 Å². The summed E-state index contributed by atoms with van der Waals surface area (Å²) < 4.78 is 20.9. The Morgan fingerprint density at radius 3 is 2.92 bits per heavy atom. The summed E-state index contributed by atoms with van der Waals surface area (Å²) in [5.74, 6) is 0.597. The fraction of sp³-hybridized carbons (Fsp3) is 0.353. The third-order valence-corrected chi connectivity index (χ3v) is 4.52. The van der Waals surface area contributed by atoms with Crippen LogP contribution in [0.5, 0.6) is 5.75 Å². The monoisotopic (exact) mass is 327 g/mol. The summed E-state index contributed by atoms with van der Waals surface area (Å²) in [6.45, 7) is 0.894. The molecule has 0 amide bonds. The van der Waals surface area contributed by atoms with Gasteiger partial charge in [0.1, 0.15) is 12.1 Å². The number of fused-ring (bicyclic) bond motifs is 1. The molecule has 0 spiro atoms. The molecule has 1 unspecified atom stereocenters. The number of ether oxygens (including phenoxy) is 1. The van der Waals surface area contributed by atoms with E-state index in [4.69, 9.17) is 4.74 Å². The van der Waals surface area contributed by atoms with E-state index in [0.717, 1.165) is 36.2 Å². The van der Waals surface area contributed by atoms with Gasteiger partial charge in [-0.05, 0) is 18.9 Å². The summed E-state index contributed by atoms with van der Waals surface area (Å²) in [5, 5.41) is 5.08. The van der Waals surface area contributed by atoms with Crippen molar-refractivity contribution < 1.29 is 9.13 Å². The quantitative estimate of drug-likeness (QED) is 0.740. The maximum absolute atomic E-state index is 14.0. The number of methoxy groups -OCH3 is 1. The van der Waals surface area contributed by atoms with Crippen molar-refractivity contribution in [3.8, 4) is 5.75 Å². The van der Waals surface area contributed by atoms with Crippen LogP contribution in [0.4, 0.5) is 10.2 Å². The molecule has 0 saturated carbocycles. The van der Waals surface area contributed by atoms with E-state index >= 15 is 0 Å². The highest BCUT2D eigenvalue weighted by atomic mass is 19.1. The van der Waals surface area contributed by atoms with Crippen LogP contribution in [-0.2, 0) is 7.05 Å². The minimum Gasteiger partial charge on any atom is -0.494 e. The van der Waals surface area contributed by atoms with Gasteiger partial charge in [-0.2, -0.15) is 5.10 Å². The summed E-state index contributed by atoms with van der Waals surface area (Å²) in [6.07, 6.45) is 7.53. The molecule has 4 rings (SSSR count). The maximum Gasteiger partial charge on any atom is 0.167 e. The summed E-state index contributed by atoms with van der Waals surface area (Å²) in [6, 6.07) is 3.29. The molecule has 6 nitrogen and oxygen atoms in total. The van der Waals surface area contributed by atoms with Crippen LogP contribution in [0, 0.1) is 5.82 Å². The lowest BCUT2D eigenvalue weighted by atomic mass is 10.1.